The Balaban J connectivity index is 1.99. The highest BCUT2D eigenvalue weighted by molar-refractivity contribution is 5.23. The third-order valence-electron chi connectivity index (χ3n) is 4.12. The minimum absolute atomic E-state index is 0.373. The molecule has 0 aromatic carbocycles. The lowest BCUT2D eigenvalue weighted by Crippen LogP contribution is -2.47. The summed E-state index contributed by atoms with van der Waals surface area (Å²) < 4.78 is 5.62. The smallest absolute Gasteiger partial charge is 0.105 e. The molecule has 0 amide bonds. The summed E-state index contributed by atoms with van der Waals surface area (Å²) in [7, 11) is 2.21. The first-order valence-electron chi connectivity index (χ1n) is 6.99. The Kier molecular flexibility index (Phi) is 4.13. The van der Waals surface area contributed by atoms with E-state index in [1.165, 1.54) is 25.1 Å². The van der Waals surface area contributed by atoms with E-state index in [0.29, 0.717) is 18.0 Å². The van der Waals surface area contributed by atoms with Gasteiger partial charge in [-0.15, -0.1) is 0 Å². The fourth-order valence-electron chi connectivity index (χ4n) is 3.09. The Hall–Kier alpha value is -0.800. The van der Waals surface area contributed by atoms with Gasteiger partial charge in [-0.1, -0.05) is 6.92 Å². The van der Waals surface area contributed by atoms with Gasteiger partial charge in [0.05, 0.1) is 0 Å². The lowest BCUT2D eigenvalue weighted by atomic mass is 9.93. The molecular weight excluding hydrogens is 224 g/mol. The molecule has 0 saturated carbocycles. The molecule has 2 heterocycles. The Morgan fingerprint density at radius 3 is 2.72 bits per heavy atom. The zero-order chi connectivity index (χ0) is 13.3. The van der Waals surface area contributed by atoms with Crippen LogP contribution in [-0.4, -0.2) is 31.1 Å². The number of nitrogens with one attached hydrogen (secondary N) is 1. The lowest BCUT2D eigenvalue weighted by molar-refractivity contribution is 0.167. The Labute approximate surface area is 111 Å². The van der Waals surface area contributed by atoms with E-state index in [0.717, 1.165) is 11.5 Å². The van der Waals surface area contributed by atoms with Crippen molar-refractivity contribution < 1.29 is 4.42 Å². The summed E-state index contributed by atoms with van der Waals surface area (Å²) in [5, 5.41) is 3.77. The number of nitrogens with zero attached hydrogens (tertiary/aromatic N) is 1. The summed E-state index contributed by atoms with van der Waals surface area (Å²) >= 11 is 0. The van der Waals surface area contributed by atoms with Crippen LogP contribution in [0.5, 0.6) is 0 Å². The molecule has 0 aliphatic carbocycles. The van der Waals surface area contributed by atoms with Gasteiger partial charge < -0.3 is 14.6 Å². The summed E-state index contributed by atoms with van der Waals surface area (Å²) in [6, 6.07) is 3.15. The van der Waals surface area contributed by atoms with Crippen LogP contribution in [0.15, 0.2) is 10.5 Å². The average Bonchev–Trinajstić information content (AvgIpc) is 2.62. The summed E-state index contributed by atoms with van der Waals surface area (Å²) in [5.41, 5.74) is 1.30. The second-order valence-electron chi connectivity index (χ2n) is 5.89. The first kappa shape index (κ1) is 13.6. The summed E-state index contributed by atoms with van der Waals surface area (Å²) in [6.45, 7) is 11.0. The number of piperidine rings is 1. The van der Waals surface area contributed by atoms with E-state index < -0.39 is 0 Å². The third kappa shape index (κ3) is 2.96. The zero-order valence-corrected chi connectivity index (χ0v) is 12.3. The standard InChI is InChI=1S/C15H26N2O/c1-10-9-17(5)7-6-15(10)16-12(3)14-8-11(2)18-13(14)4/h8,10,12,15-16H,6-7,9H2,1-5H3. The number of aryl methyl sites for hydroxylation is 2. The van der Waals surface area contributed by atoms with Crippen LogP contribution in [0.4, 0.5) is 0 Å². The SMILES string of the molecule is Cc1cc(C(C)NC2CCN(C)CC2C)c(C)o1. The van der Waals surface area contributed by atoms with E-state index in [1.54, 1.807) is 0 Å². The van der Waals surface area contributed by atoms with Crippen molar-refractivity contribution in [3.8, 4) is 0 Å². The van der Waals surface area contributed by atoms with Crippen molar-refractivity contribution in [2.75, 3.05) is 20.1 Å². The van der Waals surface area contributed by atoms with Crippen LogP contribution < -0.4 is 5.32 Å². The first-order chi connectivity index (χ1) is 8.47. The van der Waals surface area contributed by atoms with Gasteiger partial charge in [-0.2, -0.15) is 0 Å². The topological polar surface area (TPSA) is 28.4 Å². The molecule has 18 heavy (non-hydrogen) atoms. The van der Waals surface area contributed by atoms with Gasteiger partial charge >= 0.3 is 0 Å². The van der Waals surface area contributed by atoms with Crippen LogP contribution in [0.2, 0.25) is 0 Å². The van der Waals surface area contributed by atoms with Gasteiger partial charge in [-0.05, 0) is 52.8 Å². The van der Waals surface area contributed by atoms with Crippen molar-refractivity contribution in [3.05, 3.63) is 23.2 Å². The predicted octanol–water partition coefficient (Wildman–Crippen LogP) is 2.89. The third-order valence-corrected chi connectivity index (χ3v) is 4.12. The van der Waals surface area contributed by atoms with Gasteiger partial charge in [0.2, 0.25) is 0 Å². The second-order valence-corrected chi connectivity index (χ2v) is 5.89. The highest BCUT2D eigenvalue weighted by atomic mass is 16.3. The van der Waals surface area contributed by atoms with Crippen molar-refractivity contribution in [2.45, 2.75) is 46.2 Å². The van der Waals surface area contributed by atoms with Crippen molar-refractivity contribution >= 4 is 0 Å². The number of hydrogen-bond donors (Lipinski definition) is 1. The monoisotopic (exact) mass is 250 g/mol. The normalized spacial score (nSPS) is 27.4. The van der Waals surface area contributed by atoms with Crippen molar-refractivity contribution in [1.82, 2.24) is 10.2 Å². The van der Waals surface area contributed by atoms with E-state index >= 15 is 0 Å². The lowest BCUT2D eigenvalue weighted by Gasteiger charge is -2.36. The molecule has 1 aromatic rings. The second kappa shape index (κ2) is 5.45. The molecule has 3 heteroatoms. The number of hydrogen-bond acceptors (Lipinski definition) is 3. The number of furan rings is 1. The fraction of sp³-hybridized carbons (Fsp3) is 0.733. The van der Waals surface area contributed by atoms with Crippen LogP contribution in [-0.2, 0) is 0 Å². The van der Waals surface area contributed by atoms with E-state index in [1.807, 2.05) is 6.92 Å². The highest BCUT2D eigenvalue weighted by Crippen LogP contribution is 2.24. The quantitative estimate of drug-likeness (QED) is 0.894. The molecule has 1 fully saturated rings. The van der Waals surface area contributed by atoms with Gasteiger partial charge in [-0.25, -0.2) is 0 Å². The molecule has 1 aliphatic heterocycles. The molecule has 1 N–H and O–H groups in total. The summed E-state index contributed by atoms with van der Waals surface area (Å²) in [6.07, 6.45) is 1.23. The molecule has 0 radical (unpaired) electrons. The first-order valence-corrected chi connectivity index (χ1v) is 6.99. The van der Waals surface area contributed by atoms with Gasteiger partial charge in [0.25, 0.3) is 0 Å². The Bertz CT molecular complexity index is 399. The van der Waals surface area contributed by atoms with E-state index in [-0.39, 0.29) is 0 Å². The number of rotatable bonds is 3. The number of likely N-dealkylation sites (tertiary alicyclic amines) is 1. The molecule has 0 bridgehead atoms. The minimum atomic E-state index is 0.373. The van der Waals surface area contributed by atoms with E-state index in [2.05, 4.69) is 44.1 Å². The van der Waals surface area contributed by atoms with Crippen LogP contribution >= 0.6 is 0 Å². The molecular formula is C15H26N2O. The molecule has 1 aliphatic rings. The zero-order valence-electron chi connectivity index (χ0n) is 12.3. The van der Waals surface area contributed by atoms with Gasteiger partial charge in [0.1, 0.15) is 11.5 Å². The van der Waals surface area contributed by atoms with E-state index in [4.69, 9.17) is 4.42 Å². The molecule has 1 saturated heterocycles. The average molecular weight is 250 g/mol. The van der Waals surface area contributed by atoms with Gasteiger partial charge in [0, 0.05) is 24.2 Å². The van der Waals surface area contributed by atoms with Crippen LogP contribution in [0.3, 0.4) is 0 Å². The fourth-order valence-corrected chi connectivity index (χ4v) is 3.09. The van der Waals surface area contributed by atoms with Crippen LogP contribution in [0.25, 0.3) is 0 Å². The maximum atomic E-state index is 5.62. The van der Waals surface area contributed by atoms with Crippen LogP contribution in [0.1, 0.15) is 43.4 Å². The van der Waals surface area contributed by atoms with Gasteiger partial charge in [0.15, 0.2) is 0 Å². The summed E-state index contributed by atoms with van der Waals surface area (Å²) in [4.78, 5) is 2.42. The molecule has 0 spiro atoms. The largest absolute Gasteiger partial charge is 0.466 e. The van der Waals surface area contributed by atoms with Crippen LogP contribution in [0, 0.1) is 19.8 Å². The maximum Gasteiger partial charge on any atom is 0.105 e. The summed E-state index contributed by atoms with van der Waals surface area (Å²) in [5.74, 6) is 2.76. The van der Waals surface area contributed by atoms with Gasteiger partial charge in [-0.3, -0.25) is 0 Å². The van der Waals surface area contributed by atoms with E-state index in [9.17, 15) is 0 Å². The highest BCUT2D eigenvalue weighted by Gasteiger charge is 2.26. The molecule has 1 aromatic heterocycles. The predicted molar refractivity (Wildman–Crippen MR) is 74.8 cm³/mol. The minimum Gasteiger partial charge on any atom is -0.466 e. The molecule has 102 valence electrons. The maximum absolute atomic E-state index is 5.62. The molecule has 2 rings (SSSR count). The molecule has 3 nitrogen and oxygen atoms in total. The van der Waals surface area contributed by atoms with Crippen molar-refractivity contribution in [2.24, 2.45) is 5.92 Å². The Morgan fingerprint density at radius 2 is 2.17 bits per heavy atom. The van der Waals surface area contributed by atoms with Crippen molar-refractivity contribution in [3.63, 3.8) is 0 Å². The van der Waals surface area contributed by atoms with Crippen molar-refractivity contribution in [1.29, 1.82) is 0 Å². The molecule has 3 unspecified atom stereocenters. The Morgan fingerprint density at radius 1 is 1.44 bits per heavy atom. The molecule has 3 atom stereocenters.